The van der Waals surface area contributed by atoms with Crippen molar-refractivity contribution in [2.45, 2.75) is 50.7 Å². The van der Waals surface area contributed by atoms with Crippen LogP contribution in [0, 0.1) is 5.82 Å². The average Bonchev–Trinajstić information content (AvgIpc) is 2.87. The summed E-state index contributed by atoms with van der Waals surface area (Å²) >= 11 is 0. The summed E-state index contributed by atoms with van der Waals surface area (Å²) in [4.78, 5) is 13.0. The Morgan fingerprint density at radius 1 is 1.11 bits per heavy atom. The minimum absolute atomic E-state index is 0.00221. The maximum absolute atomic E-state index is 13.5. The lowest BCUT2D eigenvalue weighted by atomic mass is 9.87. The van der Waals surface area contributed by atoms with E-state index < -0.39 is 14.2 Å². The van der Waals surface area contributed by atoms with E-state index in [0.717, 1.165) is 33.7 Å². The molecule has 3 aromatic carbocycles. The molecule has 0 saturated carbocycles. The molecule has 0 bridgehead atoms. The Balaban J connectivity index is 1.41. The number of hydrogen-bond donors (Lipinski definition) is 1. The van der Waals surface area contributed by atoms with Crippen LogP contribution in [-0.4, -0.2) is 56.8 Å². The molecule has 0 radical (unpaired) electrons. The molecule has 0 spiro atoms. The van der Waals surface area contributed by atoms with Crippen molar-refractivity contribution < 1.29 is 28.5 Å². The quantitative estimate of drug-likeness (QED) is 0.181. The van der Waals surface area contributed by atoms with Gasteiger partial charge < -0.3 is 24.2 Å². The molecule has 1 aliphatic rings. The van der Waals surface area contributed by atoms with Crippen LogP contribution in [0.5, 0.6) is 5.75 Å². The molecule has 1 aliphatic heterocycles. The van der Waals surface area contributed by atoms with Crippen LogP contribution in [0.4, 0.5) is 9.18 Å². The van der Waals surface area contributed by atoms with Crippen molar-refractivity contribution in [1.82, 2.24) is 4.90 Å². The minimum Gasteiger partial charge on any atom is -0.467 e. The van der Waals surface area contributed by atoms with E-state index in [2.05, 4.69) is 25.7 Å². The van der Waals surface area contributed by atoms with E-state index in [1.54, 1.807) is 12.1 Å². The first-order valence-electron chi connectivity index (χ1n) is 12.8. The van der Waals surface area contributed by atoms with Gasteiger partial charge in [-0.25, -0.2) is 9.18 Å². The second-order valence-corrected chi connectivity index (χ2v) is 16.4. The van der Waals surface area contributed by atoms with Gasteiger partial charge in [-0.3, -0.25) is 0 Å². The van der Waals surface area contributed by atoms with Crippen LogP contribution in [-0.2, 0) is 16.1 Å². The van der Waals surface area contributed by atoms with Gasteiger partial charge in [-0.1, -0.05) is 56.0 Å². The van der Waals surface area contributed by atoms with E-state index in [1.165, 1.54) is 17.0 Å². The van der Waals surface area contributed by atoms with Crippen molar-refractivity contribution in [2.24, 2.45) is 0 Å². The van der Waals surface area contributed by atoms with Crippen molar-refractivity contribution in [2.75, 3.05) is 26.5 Å². The number of carboxylic acid groups (broad SMARTS) is 1. The summed E-state index contributed by atoms with van der Waals surface area (Å²) < 4.78 is 31.4. The number of fused-ring (bicyclic) bond motifs is 1. The summed E-state index contributed by atoms with van der Waals surface area (Å²) in [6.07, 6.45) is -0.649. The Kier molecular flexibility index (Phi) is 8.84. The van der Waals surface area contributed by atoms with Crippen molar-refractivity contribution in [3.8, 4) is 5.75 Å². The summed E-state index contributed by atoms with van der Waals surface area (Å²) in [6.45, 7) is 8.95. The summed E-state index contributed by atoms with van der Waals surface area (Å²) in [5.41, 5.74) is 1.95. The van der Waals surface area contributed by atoms with Gasteiger partial charge in [0.25, 0.3) is 0 Å². The number of ether oxygens (including phenoxy) is 3. The van der Waals surface area contributed by atoms with E-state index in [9.17, 15) is 14.3 Å². The summed E-state index contributed by atoms with van der Waals surface area (Å²) in [7, 11) is -1.13. The van der Waals surface area contributed by atoms with E-state index in [4.69, 9.17) is 14.2 Å². The Morgan fingerprint density at radius 3 is 2.62 bits per heavy atom. The maximum atomic E-state index is 13.5. The molecule has 6 nitrogen and oxygen atoms in total. The third-order valence-corrected chi connectivity index (χ3v) is 8.49. The second kappa shape index (κ2) is 12.1. The molecule has 198 valence electrons. The van der Waals surface area contributed by atoms with E-state index in [1.807, 2.05) is 30.3 Å². The molecule has 2 unspecified atom stereocenters. The van der Waals surface area contributed by atoms with E-state index >= 15 is 0 Å². The number of hydrogen-bond acceptors (Lipinski definition) is 4. The van der Waals surface area contributed by atoms with Crippen molar-refractivity contribution in [1.29, 1.82) is 0 Å². The molecule has 1 amide bonds. The molecule has 1 heterocycles. The topological polar surface area (TPSA) is 68.2 Å². The highest BCUT2D eigenvalue weighted by atomic mass is 28.3. The Hall–Kier alpha value is -2.94. The Bertz CT molecular complexity index is 1200. The van der Waals surface area contributed by atoms with Gasteiger partial charge in [0, 0.05) is 32.5 Å². The van der Waals surface area contributed by atoms with E-state index in [-0.39, 0.29) is 31.2 Å². The summed E-state index contributed by atoms with van der Waals surface area (Å²) in [5, 5.41) is 11.5. The van der Waals surface area contributed by atoms with Crippen LogP contribution in [0.1, 0.15) is 23.5 Å². The van der Waals surface area contributed by atoms with Crippen LogP contribution in [0.2, 0.25) is 25.7 Å². The number of rotatable bonds is 10. The van der Waals surface area contributed by atoms with Gasteiger partial charge in [-0.15, -0.1) is 0 Å². The first kappa shape index (κ1) is 27.1. The Morgan fingerprint density at radius 2 is 1.89 bits per heavy atom. The van der Waals surface area contributed by atoms with Gasteiger partial charge in [0.1, 0.15) is 11.6 Å². The predicted molar refractivity (Wildman–Crippen MR) is 145 cm³/mol. The monoisotopic (exact) mass is 525 g/mol. The molecule has 4 rings (SSSR count). The van der Waals surface area contributed by atoms with Crippen molar-refractivity contribution in [3.63, 3.8) is 0 Å². The summed E-state index contributed by atoms with van der Waals surface area (Å²) in [5.74, 6) is 0.484. The number of piperidine rings is 1. The normalized spacial score (nSPS) is 18.2. The number of benzene rings is 3. The number of halogens is 1. The Labute approximate surface area is 219 Å². The first-order valence-corrected chi connectivity index (χ1v) is 16.5. The number of nitrogens with zero attached hydrogens (tertiary/aromatic N) is 1. The van der Waals surface area contributed by atoms with Gasteiger partial charge in [0.15, 0.2) is 6.79 Å². The van der Waals surface area contributed by atoms with Crippen LogP contribution < -0.4 is 4.74 Å². The highest BCUT2D eigenvalue weighted by Crippen LogP contribution is 2.32. The second-order valence-electron chi connectivity index (χ2n) is 10.8. The lowest BCUT2D eigenvalue weighted by Gasteiger charge is -2.37. The van der Waals surface area contributed by atoms with Gasteiger partial charge in [-0.2, -0.15) is 0 Å². The highest BCUT2D eigenvalue weighted by molar-refractivity contribution is 6.76. The fraction of sp³-hybridized carbons (Fsp3) is 0.414. The van der Waals surface area contributed by atoms with Crippen LogP contribution in [0.25, 0.3) is 10.8 Å². The molecule has 8 heteroatoms. The summed E-state index contributed by atoms with van der Waals surface area (Å²) in [6, 6.07) is 19.5. The third kappa shape index (κ3) is 7.53. The number of carbonyl (C=O) groups is 1. The maximum Gasteiger partial charge on any atom is 0.407 e. The van der Waals surface area contributed by atoms with Crippen molar-refractivity contribution in [3.05, 3.63) is 77.6 Å². The smallest absolute Gasteiger partial charge is 0.407 e. The molecule has 2 atom stereocenters. The minimum atomic E-state index is -1.13. The molecule has 3 aromatic rings. The zero-order chi connectivity index (χ0) is 26.4. The van der Waals surface area contributed by atoms with Crippen LogP contribution in [0.15, 0.2) is 60.7 Å². The molecule has 37 heavy (non-hydrogen) atoms. The lowest BCUT2D eigenvalue weighted by Crippen LogP contribution is -2.46. The van der Waals surface area contributed by atoms with Crippen molar-refractivity contribution >= 4 is 24.9 Å². The average molecular weight is 526 g/mol. The molecule has 1 saturated heterocycles. The number of likely N-dealkylation sites (tertiary alicyclic amines) is 1. The van der Waals surface area contributed by atoms with E-state index in [0.29, 0.717) is 26.2 Å². The molecule has 1 fully saturated rings. The largest absolute Gasteiger partial charge is 0.467 e. The number of amides is 1. The molecule has 0 aromatic heterocycles. The fourth-order valence-corrected chi connectivity index (χ4v) is 5.37. The molecular formula is C29H36FNO5Si. The lowest BCUT2D eigenvalue weighted by molar-refractivity contribution is -0.0199. The molecular weight excluding hydrogens is 489 g/mol. The SMILES string of the molecule is C[Si](C)(C)CCOCOc1cccc2cc(COC3CN(C(=O)O)CCC3c3ccc(F)cc3)ccc12. The first-order chi connectivity index (χ1) is 17.7. The van der Waals surface area contributed by atoms with Gasteiger partial charge >= 0.3 is 6.09 Å². The standard InChI is InChI=1S/C29H36FNO5Si/c1-37(2,3)16-15-34-20-36-27-6-4-5-23-17-21(7-12-25(23)27)19-35-28-18-31(29(32)33)14-13-26(28)22-8-10-24(30)11-9-22/h4-12,17,26,28H,13-16,18-20H2,1-3H3,(H,32,33). The van der Waals surface area contributed by atoms with Crippen LogP contribution >= 0.6 is 0 Å². The third-order valence-electron chi connectivity index (χ3n) is 6.79. The van der Waals surface area contributed by atoms with Crippen LogP contribution in [0.3, 0.4) is 0 Å². The zero-order valence-electron chi connectivity index (χ0n) is 21.8. The molecule has 1 N–H and O–H groups in total. The van der Waals surface area contributed by atoms with Gasteiger partial charge in [0.05, 0.1) is 19.3 Å². The van der Waals surface area contributed by atoms with Gasteiger partial charge in [-0.05, 0) is 53.2 Å². The fourth-order valence-electron chi connectivity index (χ4n) is 4.62. The highest BCUT2D eigenvalue weighted by Gasteiger charge is 2.33. The molecule has 0 aliphatic carbocycles. The van der Waals surface area contributed by atoms with Gasteiger partial charge in [0.2, 0.25) is 0 Å². The predicted octanol–water partition coefficient (Wildman–Crippen LogP) is 6.72. The zero-order valence-corrected chi connectivity index (χ0v) is 22.8.